The van der Waals surface area contributed by atoms with Crippen molar-refractivity contribution in [3.05, 3.63) is 35.2 Å². The summed E-state index contributed by atoms with van der Waals surface area (Å²) in [4.78, 5) is 4.80. The number of imidazole rings is 1. The standard InChI is InChI=1S/C19H29N3O/c1-13(2)22-12-20-17(19(22)16-8-6-5-7-9-16)10-14(3)18-15(4)11-23-21-18/h11-14,16H,5-10H2,1-4H3. The van der Waals surface area contributed by atoms with E-state index in [0.717, 1.165) is 17.7 Å². The summed E-state index contributed by atoms with van der Waals surface area (Å²) in [5, 5.41) is 4.19. The van der Waals surface area contributed by atoms with Crippen LogP contribution in [0.25, 0.3) is 0 Å². The molecule has 0 radical (unpaired) electrons. The van der Waals surface area contributed by atoms with Gasteiger partial charge in [0.15, 0.2) is 0 Å². The van der Waals surface area contributed by atoms with Crippen molar-refractivity contribution in [3.8, 4) is 0 Å². The highest BCUT2D eigenvalue weighted by molar-refractivity contribution is 5.24. The molecular weight excluding hydrogens is 286 g/mol. The highest BCUT2D eigenvalue weighted by Gasteiger charge is 2.26. The average molecular weight is 315 g/mol. The Morgan fingerprint density at radius 3 is 2.57 bits per heavy atom. The second-order valence-electron chi connectivity index (χ2n) is 7.40. The van der Waals surface area contributed by atoms with E-state index in [2.05, 4.69) is 37.4 Å². The maximum absolute atomic E-state index is 5.12. The maximum atomic E-state index is 5.12. The molecule has 0 bridgehead atoms. The zero-order valence-electron chi connectivity index (χ0n) is 14.9. The SMILES string of the molecule is Cc1conc1C(C)Cc1ncn(C(C)C)c1C1CCCCC1. The van der Waals surface area contributed by atoms with E-state index in [1.165, 1.54) is 43.5 Å². The summed E-state index contributed by atoms with van der Waals surface area (Å²) in [5.74, 6) is 1.01. The average Bonchev–Trinajstić information content (AvgIpc) is 3.14. The molecular formula is C19H29N3O. The molecule has 1 saturated carbocycles. The van der Waals surface area contributed by atoms with Crippen LogP contribution in [0.3, 0.4) is 0 Å². The van der Waals surface area contributed by atoms with Gasteiger partial charge in [-0.1, -0.05) is 31.3 Å². The van der Waals surface area contributed by atoms with E-state index < -0.39 is 0 Å². The molecule has 23 heavy (non-hydrogen) atoms. The van der Waals surface area contributed by atoms with E-state index >= 15 is 0 Å². The monoisotopic (exact) mass is 315 g/mol. The summed E-state index contributed by atoms with van der Waals surface area (Å²) < 4.78 is 7.52. The fraction of sp³-hybridized carbons (Fsp3) is 0.684. The normalized spacial score (nSPS) is 17.8. The Labute approximate surface area is 139 Å². The Balaban J connectivity index is 1.88. The summed E-state index contributed by atoms with van der Waals surface area (Å²) in [6.45, 7) is 8.80. The first kappa shape index (κ1) is 16.3. The van der Waals surface area contributed by atoms with Gasteiger partial charge in [0.25, 0.3) is 0 Å². The number of nitrogens with zero attached hydrogens (tertiary/aromatic N) is 3. The van der Waals surface area contributed by atoms with Crippen LogP contribution in [0.15, 0.2) is 17.1 Å². The lowest BCUT2D eigenvalue weighted by Crippen LogP contribution is -2.15. The van der Waals surface area contributed by atoms with Crippen LogP contribution in [0.1, 0.15) is 93.4 Å². The molecule has 0 amide bonds. The van der Waals surface area contributed by atoms with Gasteiger partial charge in [0.2, 0.25) is 0 Å². The minimum atomic E-state index is 0.339. The Morgan fingerprint density at radius 2 is 1.96 bits per heavy atom. The van der Waals surface area contributed by atoms with E-state index in [9.17, 15) is 0 Å². The fourth-order valence-electron chi connectivity index (χ4n) is 3.96. The van der Waals surface area contributed by atoms with Gasteiger partial charge in [-0.05, 0) is 40.0 Å². The molecule has 1 aliphatic carbocycles. The molecule has 1 unspecified atom stereocenters. The van der Waals surface area contributed by atoms with Crippen LogP contribution in [0.5, 0.6) is 0 Å². The number of rotatable bonds is 5. The van der Waals surface area contributed by atoms with Gasteiger partial charge in [0.05, 0.1) is 17.7 Å². The zero-order valence-corrected chi connectivity index (χ0v) is 14.9. The molecule has 1 atom stereocenters. The second-order valence-corrected chi connectivity index (χ2v) is 7.40. The van der Waals surface area contributed by atoms with Crippen LogP contribution in [-0.4, -0.2) is 14.7 Å². The van der Waals surface area contributed by atoms with E-state index in [0.29, 0.717) is 17.9 Å². The van der Waals surface area contributed by atoms with Crippen LogP contribution in [0.2, 0.25) is 0 Å². The predicted molar refractivity (Wildman–Crippen MR) is 91.8 cm³/mol. The van der Waals surface area contributed by atoms with Gasteiger partial charge in [-0.15, -0.1) is 0 Å². The Hall–Kier alpha value is -1.58. The van der Waals surface area contributed by atoms with Gasteiger partial charge >= 0.3 is 0 Å². The van der Waals surface area contributed by atoms with Crippen LogP contribution >= 0.6 is 0 Å². The van der Waals surface area contributed by atoms with Gasteiger partial charge in [0, 0.05) is 29.1 Å². The third-order valence-electron chi connectivity index (χ3n) is 5.21. The smallest absolute Gasteiger partial charge is 0.127 e. The Morgan fingerprint density at radius 1 is 1.22 bits per heavy atom. The van der Waals surface area contributed by atoms with Crippen LogP contribution in [0, 0.1) is 6.92 Å². The molecule has 3 rings (SSSR count). The Bertz CT molecular complexity index is 635. The van der Waals surface area contributed by atoms with E-state index in [1.54, 1.807) is 6.26 Å². The number of aryl methyl sites for hydroxylation is 1. The molecule has 126 valence electrons. The van der Waals surface area contributed by atoms with Gasteiger partial charge < -0.3 is 9.09 Å². The van der Waals surface area contributed by atoms with Crippen LogP contribution in [0.4, 0.5) is 0 Å². The molecule has 2 aromatic rings. The maximum Gasteiger partial charge on any atom is 0.127 e. The van der Waals surface area contributed by atoms with Crippen molar-refractivity contribution in [1.82, 2.24) is 14.7 Å². The molecule has 4 heteroatoms. The molecule has 4 nitrogen and oxygen atoms in total. The minimum Gasteiger partial charge on any atom is -0.364 e. The van der Waals surface area contributed by atoms with Crippen molar-refractivity contribution in [2.45, 2.75) is 84.1 Å². The number of hydrogen-bond acceptors (Lipinski definition) is 3. The van der Waals surface area contributed by atoms with Crippen molar-refractivity contribution in [1.29, 1.82) is 0 Å². The highest BCUT2D eigenvalue weighted by Crippen LogP contribution is 2.36. The zero-order chi connectivity index (χ0) is 16.4. The quantitative estimate of drug-likeness (QED) is 0.766. The van der Waals surface area contributed by atoms with Crippen molar-refractivity contribution in [2.75, 3.05) is 0 Å². The first-order chi connectivity index (χ1) is 11.1. The first-order valence-electron chi connectivity index (χ1n) is 9.04. The topological polar surface area (TPSA) is 43.9 Å². The van der Waals surface area contributed by atoms with E-state index in [1.807, 2.05) is 6.33 Å². The molecule has 1 fully saturated rings. The van der Waals surface area contributed by atoms with Gasteiger partial charge in [-0.3, -0.25) is 0 Å². The van der Waals surface area contributed by atoms with Gasteiger partial charge in [0.1, 0.15) is 6.26 Å². The largest absolute Gasteiger partial charge is 0.364 e. The summed E-state index contributed by atoms with van der Waals surface area (Å²) in [5.41, 5.74) is 4.95. The second kappa shape index (κ2) is 6.90. The lowest BCUT2D eigenvalue weighted by molar-refractivity contribution is 0.403. The summed E-state index contributed by atoms with van der Waals surface area (Å²) in [6, 6.07) is 0.470. The lowest BCUT2D eigenvalue weighted by Gasteiger charge is -2.26. The molecule has 2 heterocycles. The predicted octanol–water partition coefficient (Wildman–Crippen LogP) is 5.15. The fourth-order valence-corrected chi connectivity index (χ4v) is 3.96. The molecule has 2 aromatic heterocycles. The molecule has 0 aliphatic heterocycles. The first-order valence-corrected chi connectivity index (χ1v) is 9.04. The minimum absolute atomic E-state index is 0.339. The third-order valence-corrected chi connectivity index (χ3v) is 5.21. The van der Waals surface area contributed by atoms with Crippen molar-refractivity contribution in [2.24, 2.45) is 0 Å². The van der Waals surface area contributed by atoms with Crippen molar-refractivity contribution < 1.29 is 4.52 Å². The van der Waals surface area contributed by atoms with Crippen LogP contribution in [-0.2, 0) is 6.42 Å². The van der Waals surface area contributed by atoms with Crippen molar-refractivity contribution >= 4 is 0 Å². The molecule has 0 spiro atoms. The van der Waals surface area contributed by atoms with Crippen LogP contribution < -0.4 is 0 Å². The molecule has 0 N–H and O–H groups in total. The Kier molecular flexibility index (Phi) is 4.88. The summed E-state index contributed by atoms with van der Waals surface area (Å²) in [6.07, 6.45) is 11.4. The lowest BCUT2D eigenvalue weighted by atomic mass is 9.84. The number of aromatic nitrogens is 3. The van der Waals surface area contributed by atoms with E-state index in [4.69, 9.17) is 9.51 Å². The van der Waals surface area contributed by atoms with E-state index in [-0.39, 0.29) is 0 Å². The van der Waals surface area contributed by atoms with Crippen molar-refractivity contribution in [3.63, 3.8) is 0 Å². The molecule has 0 saturated heterocycles. The number of hydrogen-bond donors (Lipinski definition) is 0. The molecule has 0 aromatic carbocycles. The summed E-state index contributed by atoms with van der Waals surface area (Å²) in [7, 11) is 0. The highest BCUT2D eigenvalue weighted by atomic mass is 16.5. The molecule has 1 aliphatic rings. The third kappa shape index (κ3) is 3.36. The van der Waals surface area contributed by atoms with Gasteiger partial charge in [-0.2, -0.15) is 0 Å². The summed E-state index contributed by atoms with van der Waals surface area (Å²) >= 11 is 0. The van der Waals surface area contributed by atoms with Gasteiger partial charge in [-0.25, -0.2) is 4.98 Å².